The smallest absolute Gasteiger partial charge is 0.332 e. The van der Waals surface area contributed by atoms with E-state index in [1.54, 1.807) is 16.3 Å². The van der Waals surface area contributed by atoms with Gasteiger partial charge in [0.1, 0.15) is 29.4 Å². The minimum Gasteiger partial charge on any atom is -0.494 e. The van der Waals surface area contributed by atoms with Gasteiger partial charge in [0.15, 0.2) is 0 Å². The molecule has 0 bridgehead atoms. The van der Waals surface area contributed by atoms with Gasteiger partial charge in [0.25, 0.3) is 5.56 Å². The molecular weight excluding hydrogens is 466 g/mol. The maximum Gasteiger partial charge on any atom is 0.332 e. The number of carbonyl (C=O) groups excluding carboxylic acids is 1. The maximum atomic E-state index is 13.5. The summed E-state index contributed by atoms with van der Waals surface area (Å²) in [5, 5.41) is 1.76. The van der Waals surface area contributed by atoms with Crippen LogP contribution in [0.2, 0.25) is 0 Å². The van der Waals surface area contributed by atoms with Crippen LogP contribution in [0.3, 0.4) is 0 Å². The lowest BCUT2D eigenvalue weighted by atomic mass is 10.1. The Balaban J connectivity index is 1.51. The molecule has 8 nitrogen and oxygen atoms in total. The average Bonchev–Trinajstić information content (AvgIpc) is 3.35. The summed E-state index contributed by atoms with van der Waals surface area (Å²) in [6.45, 7) is 5.11. The molecule has 4 aromatic rings. The first kappa shape index (κ1) is 22.9. The topological polar surface area (TPSA) is 82.8 Å². The zero-order valence-electron chi connectivity index (χ0n) is 19.5. The fourth-order valence-corrected chi connectivity index (χ4v) is 5.12. The van der Waals surface area contributed by atoms with Gasteiger partial charge in [-0.2, -0.15) is 0 Å². The molecule has 0 atom stereocenters. The maximum absolute atomic E-state index is 13.5. The quantitative estimate of drug-likeness (QED) is 0.413. The van der Waals surface area contributed by atoms with Crippen molar-refractivity contribution in [3.63, 3.8) is 0 Å². The van der Waals surface area contributed by atoms with E-state index < -0.39 is 5.69 Å². The number of thiophene rings is 1. The van der Waals surface area contributed by atoms with E-state index in [1.807, 2.05) is 56.3 Å². The number of anilines is 1. The Morgan fingerprint density at radius 3 is 2.66 bits per heavy atom. The molecule has 9 heteroatoms. The highest BCUT2D eigenvalue weighted by Gasteiger charge is 2.25. The summed E-state index contributed by atoms with van der Waals surface area (Å²) in [6, 6.07) is 14.7. The van der Waals surface area contributed by atoms with Crippen molar-refractivity contribution in [2.24, 2.45) is 0 Å². The number of fused-ring (bicyclic) bond motifs is 2. The van der Waals surface area contributed by atoms with Gasteiger partial charge in [-0.25, -0.2) is 4.79 Å². The SMILES string of the molecule is CCOc1ccc(Cn2c(=O)c3sccc3n(CC(=O)N3CCOc4ccc(C)cc43)c2=O)cc1. The largest absolute Gasteiger partial charge is 0.494 e. The van der Waals surface area contributed by atoms with Gasteiger partial charge in [0, 0.05) is 0 Å². The summed E-state index contributed by atoms with van der Waals surface area (Å²) >= 11 is 1.27. The first-order valence-corrected chi connectivity index (χ1v) is 12.3. The zero-order chi connectivity index (χ0) is 24.5. The van der Waals surface area contributed by atoms with Gasteiger partial charge in [-0.15, -0.1) is 11.3 Å². The third-order valence-corrected chi connectivity index (χ3v) is 6.88. The number of ether oxygens (including phenoxy) is 2. The molecule has 35 heavy (non-hydrogen) atoms. The minimum absolute atomic E-state index is 0.103. The number of hydrogen-bond acceptors (Lipinski definition) is 6. The lowest BCUT2D eigenvalue weighted by molar-refractivity contribution is -0.119. The van der Waals surface area contributed by atoms with Crippen LogP contribution < -0.4 is 25.6 Å². The second-order valence-electron chi connectivity index (χ2n) is 8.34. The van der Waals surface area contributed by atoms with Crippen LogP contribution in [0.15, 0.2) is 63.5 Å². The summed E-state index contributed by atoms with van der Waals surface area (Å²) in [6.07, 6.45) is 0. The molecule has 0 fully saturated rings. The Hall–Kier alpha value is -3.85. The molecule has 0 aliphatic carbocycles. The summed E-state index contributed by atoms with van der Waals surface area (Å²) in [5.74, 6) is 1.13. The van der Waals surface area contributed by atoms with Crippen molar-refractivity contribution < 1.29 is 14.3 Å². The van der Waals surface area contributed by atoms with E-state index in [2.05, 4.69) is 0 Å². The van der Waals surface area contributed by atoms with Crippen LogP contribution in [-0.4, -0.2) is 34.8 Å². The number of amides is 1. The number of benzene rings is 2. The molecule has 0 saturated carbocycles. The number of nitrogens with zero attached hydrogens (tertiary/aromatic N) is 3. The van der Waals surface area contributed by atoms with Crippen LogP contribution in [0.25, 0.3) is 10.2 Å². The number of carbonyl (C=O) groups is 1. The molecule has 2 aromatic heterocycles. The van der Waals surface area contributed by atoms with E-state index in [-0.39, 0.29) is 24.6 Å². The van der Waals surface area contributed by atoms with Crippen molar-refractivity contribution in [3.05, 3.63) is 85.9 Å². The Bertz CT molecular complexity index is 1520. The molecule has 5 rings (SSSR count). The molecule has 0 radical (unpaired) electrons. The van der Waals surface area contributed by atoms with Gasteiger partial charge >= 0.3 is 5.69 Å². The van der Waals surface area contributed by atoms with Crippen LogP contribution in [0.4, 0.5) is 5.69 Å². The van der Waals surface area contributed by atoms with Crippen LogP contribution in [0.1, 0.15) is 18.1 Å². The van der Waals surface area contributed by atoms with E-state index in [4.69, 9.17) is 9.47 Å². The van der Waals surface area contributed by atoms with E-state index in [0.29, 0.717) is 41.4 Å². The fraction of sp³-hybridized carbons (Fsp3) is 0.269. The van der Waals surface area contributed by atoms with Crippen molar-refractivity contribution in [3.8, 4) is 11.5 Å². The van der Waals surface area contributed by atoms with Gasteiger partial charge in [0.05, 0.1) is 30.9 Å². The molecule has 1 aliphatic heterocycles. The van der Waals surface area contributed by atoms with E-state index in [0.717, 1.165) is 16.9 Å². The average molecular weight is 492 g/mol. The third kappa shape index (κ3) is 4.35. The minimum atomic E-state index is -0.513. The first-order valence-electron chi connectivity index (χ1n) is 11.4. The van der Waals surface area contributed by atoms with Gasteiger partial charge in [-0.3, -0.25) is 18.7 Å². The van der Waals surface area contributed by atoms with Gasteiger partial charge < -0.3 is 14.4 Å². The normalized spacial score (nSPS) is 12.9. The Morgan fingerprint density at radius 2 is 1.89 bits per heavy atom. The van der Waals surface area contributed by atoms with Crippen molar-refractivity contribution in [2.75, 3.05) is 24.7 Å². The predicted molar refractivity (Wildman–Crippen MR) is 136 cm³/mol. The fourth-order valence-electron chi connectivity index (χ4n) is 4.27. The summed E-state index contributed by atoms with van der Waals surface area (Å²) in [4.78, 5) is 41.7. The predicted octanol–water partition coefficient (Wildman–Crippen LogP) is 3.41. The molecule has 0 saturated heterocycles. The Labute approximate surface area is 205 Å². The van der Waals surface area contributed by atoms with Crippen LogP contribution in [0.5, 0.6) is 11.5 Å². The molecule has 0 unspecified atom stereocenters. The molecule has 0 N–H and O–H groups in total. The van der Waals surface area contributed by atoms with Crippen molar-refractivity contribution in [1.82, 2.24) is 9.13 Å². The summed E-state index contributed by atoms with van der Waals surface area (Å²) in [5.41, 5.74) is 2.09. The number of aryl methyl sites for hydroxylation is 1. The standard InChI is InChI=1S/C26H25N3O5S/c1-3-33-19-7-5-18(6-8-19)15-29-25(31)24-20(10-13-35-24)28(26(29)32)16-23(30)27-11-12-34-22-9-4-17(2)14-21(22)27/h4-10,13-14H,3,11-12,15-16H2,1-2H3. The van der Waals surface area contributed by atoms with Gasteiger partial charge in [-0.05, 0) is 60.7 Å². The lowest BCUT2D eigenvalue weighted by Gasteiger charge is -2.30. The van der Waals surface area contributed by atoms with Crippen LogP contribution in [0, 0.1) is 6.92 Å². The first-order chi connectivity index (χ1) is 17.0. The zero-order valence-corrected chi connectivity index (χ0v) is 20.3. The lowest BCUT2D eigenvalue weighted by Crippen LogP contribution is -2.45. The molecule has 180 valence electrons. The van der Waals surface area contributed by atoms with Crippen molar-refractivity contribution in [2.45, 2.75) is 26.9 Å². The molecule has 1 amide bonds. The summed E-state index contributed by atoms with van der Waals surface area (Å²) in [7, 11) is 0. The van der Waals surface area contributed by atoms with E-state index in [1.165, 1.54) is 20.5 Å². The molecule has 2 aromatic carbocycles. The Kier molecular flexibility index (Phi) is 6.17. The third-order valence-electron chi connectivity index (χ3n) is 5.98. The number of hydrogen-bond donors (Lipinski definition) is 0. The molecule has 0 spiro atoms. The molecule has 3 heterocycles. The van der Waals surface area contributed by atoms with E-state index >= 15 is 0 Å². The van der Waals surface area contributed by atoms with Crippen LogP contribution >= 0.6 is 11.3 Å². The highest BCUT2D eigenvalue weighted by Crippen LogP contribution is 2.32. The highest BCUT2D eigenvalue weighted by atomic mass is 32.1. The molecular formula is C26H25N3O5S. The number of aromatic nitrogens is 2. The monoisotopic (exact) mass is 491 g/mol. The second-order valence-corrected chi connectivity index (χ2v) is 9.25. The molecule has 1 aliphatic rings. The van der Waals surface area contributed by atoms with Crippen molar-refractivity contribution in [1.29, 1.82) is 0 Å². The Morgan fingerprint density at radius 1 is 1.09 bits per heavy atom. The van der Waals surface area contributed by atoms with Gasteiger partial charge in [0.2, 0.25) is 5.91 Å². The second kappa shape index (κ2) is 9.42. The number of rotatable bonds is 6. The van der Waals surface area contributed by atoms with E-state index in [9.17, 15) is 14.4 Å². The van der Waals surface area contributed by atoms with Gasteiger partial charge in [-0.1, -0.05) is 18.2 Å². The van der Waals surface area contributed by atoms with Crippen LogP contribution in [-0.2, 0) is 17.9 Å². The summed E-state index contributed by atoms with van der Waals surface area (Å²) < 4.78 is 14.2. The van der Waals surface area contributed by atoms with Crippen molar-refractivity contribution >= 4 is 33.1 Å². The highest BCUT2D eigenvalue weighted by molar-refractivity contribution is 7.17.